The third kappa shape index (κ3) is 4.37. The van der Waals surface area contributed by atoms with Crippen molar-refractivity contribution in [2.24, 2.45) is 0 Å². The fourth-order valence-electron chi connectivity index (χ4n) is 3.26. The van der Waals surface area contributed by atoms with Gasteiger partial charge in [-0.25, -0.2) is 4.98 Å². The molecule has 1 aliphatic heterocycles. The minimum absolute atomic E-state index is 0.0985. The molecule has 3 rings (SSSR count). The van der Waals surface area contributed by atoms with Crippen LogP contribution in [0, 0.1) is 20.8 Å². The Morgan fingerprint density at radius 3 is 2.85 bits per heavy atom. The summed E-state index contributed by atoms with van der Waals surface area (Å²) in [4.78, 5) is 32.9. The lowest BCUT2D eigenvalue weighted by atomic mass is 10.1. The van der Waals surface area contributed by atoms with E-state index in [4.69, 9.17) is 4.74 Å². The predicted octanol–water partition coefficient (Wildman–Crippen LogP) is 1.27. The Bertz CT molecular complexity index is 842. The monoisotopic (exact) mass is 359 g/mol. The second-order valence-electron chi connectivity index (χ2n) is 6.71. The zero-order valence-corrected chi connectivity index (χ0v) is 15.5. The van der Waals surface area contributed by atoms with Crippen molar-refractivity contribution < 1.29 is 9.53 Å². The fraction of sp³-hybridized carbons (Fsp3) is 0.556. The molecule has 1 atom stereocenters. The molecule has 0 bridgehead atoms. The molecule has 8 heteroatoms. The summed E-state index contributed by atoms with van der Waals surface area (Å²) < 4.78 is 7.66. The number of carbonyl (C=O) groups is 1. The Morgan fingerprint density at radius 2 is 2.15 bits per heavy atom. The summed E-state index contributed by atoms with van der Waals surface area (Å²) in [5.74, 6) is 0.644. The van der Waals surface area contributed by atoms with Gasteiger partial charge in [-0.3, -0.25) is 14.3 Å². The number of rotatable bonds is 5. The minimum atomic E-state index is -0.357. The van der Waals surface area contributed by atoms with E-state index in [9.17, 15) is 9.59 Å². The summed E-state index contributed by atoms with van der Waals surface area (Å²) in [5, 5.41) is 4.42. The van der Waals surface area contributed by atoms with Crippen LogP contribution in [-0.4, -0.2) is 50.3 Å². The zero-order valence-electron chi connectivity index (χ0n) is 15.5. The number of hydrogen-bond donors (Lipinski definition) is 1. The number of nitrogens with zero attached hydrogens (tertiary/aromatic N) is 4. The number of ether oxygens (including phenoxy) is 1. The van der Waals surface area contributed by atoms with Crippen molar-refractivity contribution >= 4 is 5.91 Å². The van der Waals surface area contributed by atoms with Crippen LogP contribution in [0.25, 0.3) is 0 Å². The lowest BCUT2D eigenvalue weighted by Crippen LogP contribution is -2.42. The average molecular weight is 359 g/mol. The largest absolute Gasteiger partial charge is 0.368 e. The number of H-pyrrole nitrogens is 1. The van der Waals surface area contributed by atoms with Crippen LogP contribution < -0.4 is 5.56 Å². The number of hydrogen-bond acceptors (Lipinski definition) is 5. The molecule has 1 aliphatic rings. The lowest BCUT2D eigenvalue weighted by Gasteiger charge is -2.32. The number of amides is 1. The molecule has 0 aliphatic carbocycles. The molecule has 1 N–H and O–H groups in total. The van der Waals surface area contributed by atoms with E-state index in [2.05, 4.69) is 15.1 Å². The van der Waals surface area contributed by atoms with Gasteiger partial charge in [-0.1, -0.05) is 0 Å². The Morgan fingerprint density at radius 1 is 1.35 bits per heavy atom. The van der Waals surface area contributed by atoms with Gasteiger partial charge < -0.3 is 14.6 Å². The number of aromatic nitrogens is 4. The Labute approximate surface area is 152 Å². The molecule has 2 aromatic rings. The van der Waals surface area contributed by atoms with Gasteiger partial charge in [0.2, 0.25) is 5.91 Å². The van der Waals surface area contributed by atoms with Crippen molar-refractivity contribution in [2.45, 2.75) is 46.3 Å². The standard InChI is InChI=1S/C18H25N5O3/c1-12-9-13(2)23(21-12)6-4-5-18(25)22-7-8-26-16(11-22)15-10-17(24)20-14(3)19-15/h9-10,16H,4-8,11H2,1-3H3,(H,19,20,24)/t16-/m0/s1. The van der Waals surface area contributed by atoms with Crippen LogP contribution in [0.5, 0.6) is 0 Å². The second-order valence-corrected chi connectivity index (χ2v) is 6.71. The van der Waals surface area contributed by atoms with Crippen molar-refractivity contribution in [3.05, 3.63) is 45.4 Å². The van der Waals surface area contributed by atoms with Crippen LogP contribution in [0.15, 0.2) is 16.9 Å². The molecule has 1 saturated heterocycles. The molecule has 0 aromatic carbocycles. The maximum Gasteiger partial charge on any atom is 0.251 e. The average Bonchev–Trinajstić information content (AvgIpc) is 2.91. The third-order valence-electron chi connectivity index (χ3n) is 4.49. The number of aromatic amines is 1. The number of nitrogens with one attached hydrogen (secondary N) is 1. The maximum atomic E-state index is 12.5. The van der Waals surface area contributed by atoms with Gasteiger partial charge in [-0.15, -0.1) is 0 Å². The molecule has 0 spiro atoms. The Kier molecular flexibility index (Phi) is 5.51. The molecule has 8 nitrogen and oxygen atoms in total. The number of morpholine rings is 1. The van der Waals surface area contributed by atoms with E-state index in [-0.39, 0.29) is 17.6 Å². The minimum Gasteiger partial charge on any atom is -0.368 e. The van der Waals surface area contributed by atoms with Gasteiger partial charge in [-0.2, -0.15) is 5.10 Å². The van der Waals surface area contributed by atoms with Crippen molar-refractivity contribution in [1.29, 1.82) is 0 Å². The lowest BCUT2D eigenvalue weighted by molar-refractivity contribution is -0.139. The van der Waals surface area contributed by atoms with Crippen LogP contribution >= 0.6 is 0 Å². The van der Waals surface area contributed by atoms with E-state index in [0.717, 1.165) is 24.4 Å². The van der Waals surface area contributed by atoms with Crippen molar-refractivity contribution in [3.8, 4) is 0 Å². The molecule has 1 fully saturated rings. The smallest absolute Gasteiger partial charge is 0.251 e. The predicted molar refractivity (Wildman–Crippen MR) is 95.8 cm³/mol. The molecule has 140 valence electrons. The topological polar surface area (TPSA) is 93.1 Å². The van der Waals surface area contributed by atoms with E-state index >= 15 is 0 Å². The quantitative estimate of drug-likeness (QED) is 0.868. The van der Waals surface area contributed by atoms with Gasteiger partial charge in [0.05, 0.1) is 24.5 Å². The van der Waals surface area contributed by atoms with Gasteiger partial charge in [0.25, 0.3) is 5.56 Å². The molecule has 3 heterocycles. The highest BCUT2D eigenvalue weighted by molar-refractivity contribution is 5.76. The SMILES string of the molecule is Cc1cc(C)n(CCCC(=O)N2CCO[C@H](c3cc(=O)[nH]c(C)n3)C2)n1. The van der Waals surface area contributed by atoms with Gasteiger partial charge in [-0.05, 0) is 33.3 Å². The van der Waals surface area contributed by atoms with E-state index in [0.29, 0.717) is 37.6 Å². The molecule has 26 heavy (non-hydrogen) atoms. The summed E-state index contributed by atoms with van der Waals surface area (Å²) in [7, 11) is 0. The highest BCUT2D eigenvalue weighted by Crippen LogP contribution is 2.20. The normalized spacial score (nSPS) is 17.5. The van der Waals surface area contributed by atoms with Crippen molar-refractivity contribution in [2.75, 3.05) is 19.7 Å². The number of carbonyl (C=O) groups excluding carboxylic acids is 1. The Hall–Kier alpha value is -2.48. The summed E-state index contributed by atoms with van der Waals surface area (Å²) in [6, 6.07) is 3.47. The molecule has 0 unspecified atom stereocenters. The van der Waals surface area contributed by atoms with Crippen LogP contribution in [0.2, 0.25) is 0 Å². The Balaban J connectivity index is 1.56. The molecular formula is C18H25N5O3. The van der Waals surface area contributed by atoms with Crippen LogP contribution in [0.3, 0.4) is 0 Å². The van der Waals surface area contributed by atoms with Crippen LogP contribution in [0.1, 0.15) is 41.9 Å². The summed E-state index contributed by atoms with van der Waals surface area (Å²) in [6.45, 7) is 7.88. The maximum absolute atomic E-state index is 12.5. The van der Waals surface area contributed by atoms with Gasteiger partial charge in [0.1, 0.15) is 11.9 Å². The first-order valence-electron chi connectivity index (χ1n) is 8.90. The first kappa shape index (κ1) is 18.3. The van der Waals surface area contributed by atoms with Gasteiger partial charge in [0, 0.05) is 31.3 Å². The van der Waals surface area contributed by atoms with Crippen molar-refractivity contribution in [3.63, 3.8) is 0 Å². The molecule has 0 saturated carbocycles. The van der Waals surface area contributed by atoms with E-state index < -0.39 is 0 Å². The van der Waals surface area contributed by atoms with E-state index in [1.165, 1.54) is 6.07 Å². The second kappa shape index (κ2) is 7.82. The zero-order chi connectivity index (χ0) is 18.7. The van der Waals surface area contributed by atoms with Gasteiger partial charge >= 0.3 is 0 Å². The summed E-state index contributed by atoms with van der Waals surface area (Å²) >= 11 is 0. The summed E-state index contributed by atoms with van der Waals surface area (Å²) in [5.41, 5.74) is 2.47. The first-order chi connectivity index (χ1) is 12.4. The summed E-state index contributed by atoms with van der Waals surface area (Å²) in [6.07, 6.45) is 0.850. The van der Waals surface area contributed by atoms with Crippen molar-refractivity contribution in [1.82, 2.24) is 24.6 Å². The number of aryl methyl sites for hydroxylation is 4. The molecule has 0 radical (unpaired) electrons. The molecular weight excluding hydrogens is 334 g/mol. The molecule has 2 aromatic heterocycles. The highest BCUT2D eigenvalue weighted by Gasteiger charge is 2.26. The van der Waals surface area contributed by atoms with Gasteiger partial charge in [0.15, 0.2) is 0 Å². The molecule has 1 amide bonds. The fourth-order valence-corrected chi connectivity index (χ4v) is 3.26. The highest BCUT2D eigenvalue weighted by atomic mass is 16.5. The van der Waals surface area contributed by atoms with Crippen LogP contribution in [-0.2, 0) is 16.1 Å². The van der Waals surface area contributed by atoms with Crippen LogP contribution in [0.4, 0.5) is 0 Å². The third-order valence-corrected chi connectivity index (χ3v) is 4.49. The van der Waals surface area contributed by atoms with E-state index in [1.807, 2.05) is 24.6 Å². The van der Waals surface area contributed by atoms with E-state index in [1.54, 1.807) is 11.8 Å². The first-order valence-corrected chi connectivity index (χ1v) is 8.90.